The molecule has 1 N–H and O–H groups in total. The molecule has 1 aliphatic heterocycles. The highest BCUT2D eigenvalue weighted by molar-refractivity contribution is 6.04. The Morgan fingerprint density at radius 2 is 1.85 bits per heavy atom. The molecular formula is C20H17N3O4. The van der Waals surface area contributed by atoms with E-state index in [1.165, 1.54) is 0 Å². The maximum atomic E-state index is 12.4. The molecular weight excluding hydrogens is 346 g/mol. The Morgan fingerprint density at radius 1 is 1.04 bits per heavy atom. The van der Waals surface area contributed by atoms with Crippen LogP contribution in [0.3, 0.4) is 0 Å². The van der Waals surface area contributed by atoms with Gasteiger partial charge in [-0.25, -0.2) is 0 Å². The third-order valence-corrected chi connectivity index (χ3v) is 4.01. The van der Waals surface area contributed by atoms with Crippen LogP contribution in [0.25, 0.3) is 11.3 Å². The van der Waals surface area contributed by atoms with E-state index < -0.39 is 0 Å². The topological polar surface area (TPSA) is 82.6 Å². The first-order chi connectivity index (χ1) is 13.2. The zero-order chi connectivity index (χ0) is 18.6. The average molecular weight is 363 g/mol. The molecule has 0 aliphatic carbocycles. The Bertz CT molecular complexity index is 956. The molecule has 0 atom stereocenters. The van der Waals surface area contributed by atoms with Gasteiger partial charge in [-0.3, -0.25) is 4.79 Å². The van der Waals surface area contributed by atoms with E-state index in [4.69, 9.17) is 14.2 Å². The molecule has 4 rings (SSSR count). The van der Waals surface area contributed by atoms with Crippen LogP contribution in [0.15, 0.2) is 54.6 Å². The van der Waals surface area contributed by atoms with Crippen molar-refractivity contribution in [3.05, 3.63) is 60.2 Å². The molecule has 0 fully saturated rings. The Hall–Kier alpha value is -3.61. The summed E-state index contributed by atoms with van der Waals surface area (Å²) in [7, 11) is 0. The number of hydrogen-bond acceptors (Lipinski definition) is 6. The summed E-state index contributed by atoms with van der Waals surface area (Å²) in [5, 5.41) is 11.0. The van der Waals surface area contributed by atoms with Gasteiger partial charge in [-0.1, -0.05) is 12.1 Å². The molecule has 0 saturated carbocycles. The van der Waals surface area contributed by atoms with Crippen LogP contribution in [0.4, 0.5) is 5.69 Å². The number of carbonyl (C=O) groups is 1. The van der Waals surface area contributed by atoms with Gasteiger partial charge in [0.15, 0.2) is 11.5 Å². The molecule has 7 heteroatoms. The number of nitrogens with one attached hydrogen (secondary N) is 1. The van der Waals surface area contributed by atoms with Crippen LogP contribution in [0.1, 0.15) is 17.3 Å². The number of ether oxygens (including phenoxy) is 3. The van der Waals surface area contributed by atoms with Crippen molar-refractivity contribution in [2.45, 2.75) is 6.92 Å². The quantitative estimate of drug-likeness (QED) is 0.747. The minimum absolute atomic E-state index is 0.177. The van der Waals surface area contributed by atoms with Crippen LogP contribution < -0.4 is 19.5 Å². The van der Waals surface area contributed by atoms with Crippen LogP contribution in [-0.2, 0) is 0 Å². The molecule has 7 nitrogen and oxygen atoms in total. The highest BCUT2D eigenvalue weighted by Crippen LogP contribution is 2.32. The molecule has 136 valence electrons. The van der Waals surface area contributed by atoms with E-state index in [0.717, 1.165) is 11.3 Å². The van der Waals surface area contributed by atoms with Gasteiger partial charge in [0.2, 0.25) is 12.7 Å². The second-order valence-corrected chi connectivity index (χ2v) is 5.79. The molecule has 1 amide bonds. The molecule has 0 radical (unpaired) electrons. The fourth-order valence-corrected chi connectivity index (χ4v) is 2.66. The predicted molar refractivity (Wildman–Crippen MR) is 99.2 cm³/mol. The lowest BCUT2D eigenvalue weighted by Gasteiger charge is -2.07. The third kappa shape index (κ3) is 3.67. The van der Waals surface area contributed by atoms with E-state index >= 15 is 0 Å². The first-order valence-electron chi connectivity index (χ1n) is 8.51. The van der Waals surface area contributed by atoms with Crippen LogP contribution in [-0.4, -0.2) is 29.5 Å². The van der Waals surface area contributed by atoms with Crippen LogP contribution in [0, 0.1) is 0 Å². The Kier molecular flexibility index (Phi) is 4.57. The predicted octanol–water partition coefficient (Wildman–Crippen LogP) is 3.52. The number of rotatable bonds is 5. The maximum absolute atomic E-state index is 12.4. The van der Waals surface area contributed by atoms with Gasteiger partial charge in [0, 0.05) is 22.9 Å². The zero-order valence-electron chi connectivity index (χ0n) is 14.6. The summed E-state index contributed by atoms with van der Waals surface area (Å²) < 4.78 is 15.9. The summed E-state index contributed by atoms with van der Waals surface area (Å²) in [6.45, 7) is 2.62. The number of benzene rings is 2. The summed E-state index contributed by atoms with van der Waals surface area (Å²) in [4.78, 5) is 12.4. The van der Waals surface area contributed by atoms with Gasteiger partial charge < -0.3 is 19.5 Å². The van der Waals surface area contributed by atoms with Gasteiger partial charge in [-0.15, -0.1) is 10.2 Å². The number of amides is 1. The van der Waals surface area contributed by atoms with E-state index in [9.17, 15) is 4.79 Å². The minimum atomic E-state index is -0.220. The Balaban J connectivity index is 1.45. The molecule has 0 unspecified atom stereocenters. The summed E-state index contributed by atoms with van der Waals surface area (Å²) in [6, 6.07) is 16.1. The molecule has 0 bridgehead atoms. The van der Waals surface area contributed by atoms with Crippen molar-refractivity contribution in [2.75, 3.05) is 18.7 Å². The maximum Gasteiger partial charge on any atom is 0.255 e. The summed E-state index contributed by atoms with van der Waals surface area (Å²) in [6.07, 6.45) is 0. The number of anilines is 1. The largest absolute Gasteiger partial charge is 0.477 e. The van der Waals surface area contributed by atoms with Gasteiger partial charge in [-0.2, -0.15) is 0 Å². The van der Waals surface area contributed by atoms with E-state index in [-0.39, 0.29) is 12.7 Å². The molecule has 0 saturated heterocycles. The van der Waals surface area contributed by atoms with Crippen LogP contribution in [0.2, 0.25) is 0 Å². The second kappa shape index (κ2) is 7.33. The van der Waals surface area contributed by atoms with Gasteiger partial charge in [0.05, 0.1) is 12.3 Å². The molecule has 1 aromatic heterocycles. The molecule has 0 spiro atoms. The number of hydrogen-bond donors (Lipinski definition) is 1. The first-order valence-corrected chi connectivity index (χ1v) is 8.51. The van der Waals surface area contributed by atoms with E-state index in [1.54, 1.807) is 24.3 Å². The van der Waals surface area contributed by atoms with E-state index in [2.05, 4.69) is 15.5 Å². The molecule has 2 aromatic carbocycles. The zero-order valence-corrected chi connectivity index (χ0v) is 14.6. The summed E-state index contributed by atoms with van der Waals surface area (Å²) >= 11 is 0. The molecule has 2 heterocycles. The van der Waals surface area contributed by atoms with Crippen molar-refractivity contribution in [2.24, 2.45) is 0 Å². The van der Waals surface area contributed by atoms with Crippen molar-refractivity contribution >= 4 is 11.6 Å². The van der Waals surface area contributed by atoms with Crippen LogP contribution in [0.5, 0.6) is 17.4 Å². The van der Waals surface area contributed by atoms with Crippen molar-refractivity contribution < 1.29 is 19.0 Å². The minimum Gasteiger partial charge on any atom is -0.477 e. The van der Waals surface area contributed by atoms with Gasteiger partial charge in [-0.05, 0) is 43.3 Å². The second-order valence-electron chi connectivity index (χ2n) is 5.79. The summed E-state index contributed by atoms with van der Waals surface area (Å²) in [5.74, 6) is 1.50. The smallest absolute Gasteiger partial charge is 0.255 e. The fraction of sp³-hybridized carbons (Fsp3) is 0.150. The van der Waals surface area contributed by atoms with Crippen molar-refractivity contribution in [3.8, 4) is 28.6 Å². The van der Waals surface area contributed by atoms with Gasteiger partial charge in [0.1, 0.15) is 0 Å². The van der Waals surface area contributed by atoms with Gasteiger partial charge >= 0.3 is 0 Å². The van der Waals surface area contributed by atoms with E-state index in [0.29, 0.717) is 35.2 Å². The third-order valence-electron chi connectivity index (χ3n) is 4.01. The lowest BCUT2D eigenvalue weighted by molar-refractivity contribution is 0.102. The number of carbonyl (C=O) groups excluding carboxylic acids is 1. The Labute approximate surface area is 155 Å². The van der Waals surface area contributed by atoms with Crippen molar-refractivity contribution in [1.82, 2.24) is 10.2 Å². The summed E-state index contributed by atoms with van der Waals surface area (Å²) in [5.41, 5.74) is 2.81. The first kappa shape index (κ1) is 16.8. The van der Waals surface area contributed by atoms with Crippen LogP contribution >= 0.6 is 0 Å². The SMILES string of the molecule is CCOc1ccc(-c2ccc(NC(=O)c3ccc4c(c3)OCO4)cc2)nn1. The average Bonchev–Trinajstić information content (AvgIpc) is 3.17. The number of aromatic nitrogens is 2. The molecule has 3 aromatic rings. The standard InChI is InChI=1S/C20H17N3O4/c1-2-25-19-10-8-16(22-23-19)13-3-6-15(7-4-13)21-20(24)14-5-9-17-18(11-14)27-12-26-17/h3-11H,2,12H2,1H3,(H,21,24). The Morgan fingerprint density at radius 3 is 2.59 bits per heavy atom. The van der Waals surface area contributed by atoms with Crippen molar-refractivity contribution in [3.63, 3.8) is 0 Å². The van der Waals surface area contributed by atoms with Crippen molar-refractivity contribution in [1.29, 1.82) is 0 Å². The lowest BCUT2D eigenvalue weighted by Crippen LogP contribution is -2.11. The monoisotopic (exact) mass is 363 g/mol. The van der Waals surface area contributed by atoms with Gasteiger partial charge in [0.25, 0.3) is 5.91 Å². The lowest BCUT2D eigenvalue weighted by atomic mass is 10.1. The molecule has 27 heavy (non-hydrogen) atoms. The van der Waals surface area contributed by atoms with E-state index in [1.807, 2.05) is 37.3 Å². The highest BCUT2D eigenvalue weighted by atomic mass is 16.7. The number of nitrogens with zero attached hydrogens (tertiary/aromatic N) is 2. The molecule has 1 aliphatic rings. The normalized spacial score (nSPS) is 11.9. The number of fused-ring (bicyclic) bond motifs is 1. The highest BCUT2D eigenvalue weighted by Gasteiger charge is 2.16. The fourth-order valence-electron chi connectivity index (χ4n) is 2.66.